The third-order valence-corrected chi connectivity index (χ3v) is 3.49. The second-order valence-electron chi connectivity index (χ2n) is 5.22. The fraction of sp³-hybridized carbons (Fsp3) is 0.714. The molecule has 1 rings (SSSR count). The lowest BCUT2D eigenvalue weighted by Gasteiger charge is -2.14. The zero-order valence-corrected chi connectivity index (χ0v) is 12.1. The van der Waals surface area contributed by atoms with Crippen LogP contribution in [-0.2, 0) is 18.3 Å². The smallest absolute Gasteiger partial charge is 0.306 e. The van der Waals surface area contributed by atoms with E-state index >= 15 is 0 Å². The number of carbonyl (C=O) groups is 1. The quantitative estimate of drug-likeness (QED) is 0.716. The third-order valence-electron chi connectivity index (χ3n) is 3.49. The molecule has 1 heterocycles. The van der Waals surface area contributed by atoms with Crippen LogP contribution in [0.4, 0.5) is 0 Å². The minimum atomic E-state index is -0.697. The Morgan fingerprint density at radius 3 is 2.79 bits per heavy atom. The van der Waals surface area contributed by atoms with Crippen LogP contribution in [0.2, 0.25) is 0 Å². The highest BCUT2D eigenvalue weighted by atomic mass is 16.4. The molecule has 0 aliphatic rings. The van der Waals surface area contributed by atoms with E-state index in [0.717, 1.165) is 32.2 Å². The number of aromatic nitrogens is 2. The summed E-state index contributed by atoms with van der Waals surface area (Å²) >= 11 is 0. The number of hydrogen-bond acceptors (Lipinski definition) is 3. The number of aliphatic carboxylic acids is 1. The molecule has 0 radical (unpaired) electrons. The first kappa shape index (κ1) is 15.7. The number of rotatable bonds is 9. The second-order valence-corrected chi connectivity index (χ2v) is 5.22. The Morgan fingerprint density at radius 2 is 2.21 bits per heavy atom. The lowest BCUT2D eigenvalue weighted by molar-refractivity contribution is -0.141. The van der Waals surface area contributed by atoms with Crippen LogP contribution in [0.3, 0.4) is 0 Å². The number of carboxylic acid groups (broad SMARTS) is 1. The van der Waals surface area contributed by atoms with Gasteiger partial charge in [-0.1, -0.05) is 13.3 Å². The molecule has 108 valence electrons. The Balaban J connectivity index is 2.10. The van der Waals surface area contributed by atoms with Gasteiger partial charge in [0.25, 0.3) is 0 Å². The predicted octanol–water partition coefficient (Wildman–Crippen LogP) is 1.83. The summed E-state index contributed by atoms with van der Waals surface area (Å²) in [4.78, 5) is 10.7. The summed E-state index contributed by atoms with van der Waals surface area (Å²) in [5, 5.41) is 16.4. The van der Waals surface area contributed by atoms with Gasteiger partial charge >= 0.3 is 5.97 Å². The van der Waals surface area contributed by atoms with Gasteiger partial charge in [-0.05, 0) is 25.8 Å². The van der Waals surface area contributed by atoms with Gasteiger partial charge in [0, 0.05) is 37.9 Å². The molecule has 2 N–H and O–H groups in total. The van der Waals surface area contributed by atoms with Crippen molar-refractivity contribution in [1.29, 1.82) is 0 Å². The summed E-state index contributed by atoms with van der Waals surface area (Å²) in [6.45, 7) is 4.84. The van der Waals surface area contributed by atoms with Gasteiger partial charge in [0.1, 0.15) is 0 Å². The molecule has 1 aromatic rings. The van der Waals surface area contributed by atoms with Crippen LogP contribution in [0.1, 0.15) is 38.8 Å². The summed E-state index contributed by atoms with van der Waals surface area (Å²) in [6, 6.07) is 2.45. The third kappa shape index (κ3) is 5.87. The van der Waals surface area contributed by atoms with E-state index < -0.39 is 5.97 Å². The Kier molecular flexibility index (Phi) is 6.56. The number of hydrogen-bond donors (Lipinski definition) is 2. The molecule has 19 heavy (non-hydrogen) atoms. The minimum Gasteiger partial charge on any atom is -0.481 e. The molecule has 5 heteroatoms. The van der Waals surface area contributed by atoms with Gasteiger partial charge < -0.3 is 10.4 Å². The van der Waals surface area contributed by atoms with Crippen molar-refractivity contribution in [2.24, 2.45) is 13.0 Å². The topological polar surface area (TPSA) is 67.2 Å². The second kappa shape index (κ2) is 7.94. The predicted molar refractivity (Wildman–Crippen MR) is 75.0 cm³/mol. The summed E-state index contributed by atoms with van der Waals surface area (Å²) in [5.74, 6) is -0.932. The molecule has 0 saturated heterocycles. The maximum Gasteiger partial charge on any atom is 0.306 e. The summed E-state index contributed by atoms with van der Waals surface area (Å²) < 4.78 is 1.89. The van der Waals surface area contributed by atoms with Crippen molar-refractivity contribution in [1.82, 2.24) is 15.1 Å². The SMILES string of the molecule is CC(CCCC(C)C(=O)O)NCCc1ccnn1C. The molecule has 0 aliphatic carbocycles. The normalized spacial score (nSPS) is 14.3. The van der Waals surface area contributed by atoms with E-state index in [1.165, 1.54) is 5.69 Å². The molecule has 2 atom stereocenters. The first-order chi connectivity index (χ1) is 9.00. The van der Waals surface area contributed by atoms with Crippen LogP contribution in [0.25, 0.3) is 0 Å². The van der Waals surface area contributed by atoms with Gasteiger partial charge in [-0.25, -0.2) is 0 Å². The van der Waals surface area contributed by atoms with Gasteiger partial charge in [-0.3, -0.25) is 9.48 Å². The van der Waals surface area contributed by atoms with Gasteiger partial charge in [-0.2, -0.15) is 5.10 Å². The van der Waals surface area contributed by atoms with E-state index in [9.17, 15) is 4.79 Å². The van der Waals surface area contributed by atoms with E-state index in [1.54, 1.807) is 6.92 Å². The summed E-state index contributed by atoms with van der Waals surface area (Å²) in [6.07, 6.45) is 5.50. The van der Waals surface area contributed by atoms with Crippen LogP contribution in [0, 0.1) is 5.92 Å². The highest BCUT2D eigenvalue weighted by molar-refractivity contribution is 5.69. The maximum atomic E-state index is 10.7. The molecule has 5 nitrogen and oxygen atoms in total. The molecule has 1 aromatic heterocycles. The first-order valence-corrected chi connectivity index (χ1v) is 6.93. The number of carboxylic acids is 1. The molecule has 0 spiro atoms. The van der Waals surface area contributed by atoms with Crippen molar-refractivity contribution in [2.45, 2.75) is 45.6 Å². The number of nitrogens with zero attached hydrogens (tertiary/aromatic N) is 2. The van der Waals surface area contributed by atoms with Gasteiger partial charge in [0.15, 0.2) is 0 Å². The Bertz CT molecular complexity index is 390. The van der Waals surface area contributed by atoms with Crippen LogP contribution >= 0.6 is 0 Å². The fourth-order valence-electron chi connectivity index (χ4n) is 2.05. The van der Waals surface area contributed by atoms with E-state index in [1.807, 2.05) is 24.0 Å². The van der Waals surface area contributed by atoms with Gasteiger partial charge in [0.2, 0.25) is 0 Å². The lowest BCUT2D eigenvalue weighted by Crippen LogP contribution is -2.28. The van der Waals surface area contributed by atoms with Crippen LogP contribution in [0.5, 0.6) is 0 Å². The molecule has 0 fully saturated rings. The summed E-state index contributed by atoms with van der Waals surface area (Å²) in [5.41, 5.74) is 1.22. The average molecular weight is 267 g/mol. The zero-order chi connectivity index (χ0) is 14.3. The molecule has 0 amide bonds. The monoisotopic (exact) mass is 267 g/mol. The van der Waals surface area contributed by atoms with E-state index in [2.05, 4.69) is 17.3 Å². The molecule has 2 unspecified atom stereocenters. The molecule has 0 saturated carbocycles. The number of nitrogens with one attached hydrogen (secondary N) is 1. The molecular formula is C14H25N3O2. The van der Waals surface area contributed by atoms with E-state index in [4.69, 9.17) is 5.11 Å². The lowest BCUT2D eigenvalue weighted by atomic mass is 10.0. The molecular weight excluding hydrogens is 242 g/mol. The maximum absolute atomic E-state index is 10.7. The summed E-state index contributed by atoms with van der Waals surface area (Å²) in [7, 11) is 1.95. The number of aryl methyl sites for hydroxylation is 1. The van der Waals surface area contributed by atoms with Crippen LogP contribution in [-0.4, -0.2) is 33.4 Å². The van der Waals surface area contributed by atoms with Crippen molar-refractivity contribution in [3.05, 3.63) is 18.0 Å². The van der Waals surface area contributed by atoms with Crippen molar-refractivity contribution in [3.8, 4) is 0 Å². The van der Waals surface area contributed by atoms with Crippen molar-refractivity contribution in [3.63, 3.8) is 0 Å². The highest BCUT2D eigenvalue weighted by Crippen LogP contribution is 2.09. The van der Waals surface area contributed by atoms with Gasteiger partial charge in [0.05, 0.1) is 5.92 Å². The van der Waals surface area contributed by atoms with Gasteiger partial charge in [-0.15, -0.1) is 0 Å². The average Bonchev–Trinajstić information content (AvgIpc) is 2.75. The van der Waals surface area contributed by atoms with Crippen molar-refractivity contribution >= 4 is 5.97 Å². The zero-order valence-electron chi connectivity index (χ0n) is 12.1. The van der Waals surface area contributed by atoms with E-state index in [0.29, 0.717) is 6.04 Å². The molecule has 0 aliphatic heterocycles. The Morgan fingerprint density at radius 1 is 1.47 bits per heavy atom. The standard InChI is InChI=1S/C14H25N3O2/c1-11(14(18)19)5-4-6-12(2)15-9-7-13-8-10-16-17(13)3/h8,10-12,15H,4-7,9H2,1-3H3,(H,18,19). The fourth-order valence-corrected chi connectivity index (χ4v) is 2.05. The highest BCUT2D eigenvalue weighted by Gasteiger charge is 2.11. The minimum absolute atomic E-state index is 0.235. The van der Waals surface area contributed by atoms with E-state index in [-0.39, 0.29) is 5.92 Å². The van der Waals surface area contributed by atoms with Crippen molar-refractivity contribution < 1.29 is 9.90 Å². The Labute approximate surface area is 115 Å². The first-order valence-electron chi connectivity index (χ1n) is 6.93. The largest absolute Gasteiger partial charge is 0.481 e. The molecule has 0 aromatic carbocycles. The Hall–Kier alpha value is -1.36. The molecule has 0 bridgehead atoms. The van der Waals surface area contributed by atoms with Crippen molar-refractivity contribution in [2.75, 3.05) is 6.54 Å². The van der Waals surface area contributed by atoms with Crippen LogP contribution in [0.15, 0.2) is 12.3 Å². The van der Waals surface area contributed by atoms with Crippen LogP contribution < -0.4 is 5.32 Å².